The molecule has 0 aliphatic carbocycles. The first kappa shape index (κ1) is 15.6. The standard InChI is InChI=1S/C14H15BrF2N4/c1-3-4-8-13(18-2)19-7-20-14(8)21-12-6-10(16)9(15)5-11(12)17/h5-7H,3-4H2,1-2H3,(H2,18,19,20,21). The van der Waals surface area contributed by atoms with Crippen molar-refractivity contribution in [3.8, 4) is 0 Å². The number of benzene rings is 1. The van der Waals surface area contributed by atoms with Gasteiger partial charge >= 0.3 is 0 Å². The van der Waals surface area contributed by atoms with Gasteiger partial charge in [0.2, 0.25) is 0 Å². The highest BCUT2D eigenvalue weighted by Gasteiger charge is 2.13. The number of anilines is 3. The SMILES string of the molecule is CCCc1c(NC)ncnc1Nc1cc(F)c(Br)cc1F. The molecule has 21 heavy (non-hydrogen) atoms. The van der Waals surface area contributed by atoms with Crippen molar-refractivity contribution >= 4 is 33.3 Å². The fraction of sp³-hybridized carbons (Fsp3) is 0.286. The van der Waals surface area contributed by atoms with E-state index in [0.717, 1.165) is 30.5 Å². The molecule has 0 saturated carbocycles. The molecule has 0 spiro atoms. The molecule has 0 amide bonds. The third-order valence-electron chi connectivity index (χ3n) is 2.95. The minimum absolute atomic E-state index is 0.0359. The number of halogens is 3. The Balaban J connectivity index is 2.42. The lowest BCUT2D eigenvalue weighted by Gasteiger charge is -2.14. The Labute approximate surface area is 130 Å². The van der Waals surface area contributed by atoms with Crippen molar-refractivity contribution in [1.82, 2.24) is 9.97 Å². The molecule has 1 aromatic heterocycles. The lowest BCUT2D eigenvalue weighted by molar-refractivity contribution is 0.597. The van der Waals surface area contributed by atoms with Gasteiger partial charge in [0.15, 0.2) is 0 Å². The van der Waals surface area contributed by atoms with E-state index in [2.05, 4.69) is 36.5 Å². The summed E-state index contributed by atoms with van der Waals surface area (Å²) in [4.78, 5) is 8.27. The van der Waals surface area contributed by atoms with Crippen LogP contribution in [0.1, 0.15) is 18.9 Å². The Morgan fingerprint density at radius 2 is 1.86 bits per heavy atom. The molecule has 2 rings (SSSR count). The van der Waals surface area contributed by atoms with Crippen LogP contribution < -0.4 is 10.6 Å². The zero-order chi connectivity index (χ0) is 15.4. The Morgan fingerprint density at radius 1 is 1.14 bits per heavy atom. The number of aromatic nitrogens is 2. The van der Waals surface area contributed by atoms with Crippen LogP contribution >= 0.6 is 15.9 Å². The quantitative estimate of drug-likeness (QED) is 0.786. The Kier molecular flexibility index (Phi) is 5.06. The smallest absolute Gasteiger partial charge is 0.148 e. The fourth-order valence-corrected chi connectivity index (χ4v) is 2.28. The predicted molar refractivity (Wildman–Crippen MR) is 82.9 cm³/mol. The highest BCUT2D eigenvalue weighted by Crippen LogP contribution is 2.28. The van der Waals surface area contributed by atoms with E-state index in [4.69, 9.17) is 0 Å². The molecule has 7 heteroatoms. The van der Waals surface area contributed by atoms with Crippen molar-refractivity contribution in [3.05, 3.63) is 40.1 Å². The van der Waals surface area contributed by atoms with E-state index < -0.39 is 11.6 Å². The minimum Gasteiger partial charge on any atom is -0.373 e. The number of rotatable bonds is 5. The Morgan fingerprint density at radius 3 is 2.52 bits per heavy atom. The fourth-order valence-electron chi connectivity index (χ4n) is 1.97. The number of hydrogen-bond donors (Lipinski definition) is 2. The summed E-state index contributed by atoms with van der Waals surface area (Å²) in [6.07, 6.45) is 2.98. The third-order valence-corrected chi connectivity index (χ3v) is 3.55. The molecule has 0 fully saturated rings. The number of nitrogens with one attached hydrogen (secondary N) is 2. The molecule has 0 unspecified atom stereocenters. The van der Waals surface area contributed by atoms with Crippen LogP contribution in [-0.2, 0) is 6.42 Å². The van der Waals surface area contributed by atoms with Crippen LogP contribution in [0.25, 0.3) is 0 Å². The highest BCUT2D eigenvalue weighted by atomic mass is 79.9. The molecule has 4 nitrogen and oxygen atoms in total. The summed E-state index contributed by atoms with van der Waals surface area (Å²) in [5, 5.41) is 5.82. The molecule has 2 N–H and O–H groups in total. The van der Waals surface area contributed by atoms with Crippen LogP contribution in [-0.4, -0.2) is 17.0 Å². The lowest BCUT2D eigenvalue weighted by atomic mass is 10.1. The maximum Gasteiger partial charge on any atom is 0.148 e. The second-order valence-corrected chi connectivity index (χ2v) is 5.27. The van der Waals surface area contributed by atoms with Gasteiger partial charge in [0, 0.05) is 18.7 Å². The third kappa shape index (κ3) is 3.47. The van der Waals surface area contributed by atoms with Crippen molar-refractivity contribution < 1.29 is 8.78 Å². The molecular formula is C14H15BrF2N4. The van der Waals surface area contributed by atoms with E-state index in [1.54, 1.807) is 7.05 Å². The first-order valence-electron chi connectivity index (χ1n) is 6.50. The molecule has 1 aromatic carbocycles. The van der Waals surface area contributed by atoms with Gasteiger partial charge in [-0.25, -0.2) is 18.7 Å². The number of nitrogens with zero attached hydrogens (tertiary/aromatic N) is 2. The molecule has 0 aliphatic rings. The molecule has 0 saturated heterocycles. The molecule has 0 bridgehead atoms. The zero-order valence-electron chi connectivity index (χ0n) is 11.7. The van der Waals surface area contributed by atoms with Crippen LogP contribution in [0.4, 0.5) is 26.1 Å². The molecule has 112 valence electrons. The predicted octanol–water partition coefficient (Wildman–Crippen LogP) is 4.26. The topological polar surface area (TPSA) is 49.8 Å². The van der Waals surface area contributed by atoms with Gasteiger partial charge in [-0.3, -0.25) is 0 Å². The average molecular weight is 357 g/mol. The van der Waals surface area contributed by atoms with Gasteiger partial charge in [-0.15, -0.1) is 0 Å². The van der Waals surface area contributed by atoms with E-state index in [1.165, 1.54) is 6.33 Å². The Hall–Kier alpha value is -1.76. The van der Waals surface area contributed by atoms with Crippen molar-refractivity contribution in [1.29, 1.82) is 0 Å². The first-order valence-corrected chi connectivity index (χ1v) is 7.29. The van der Waals surface area contributed by atoms with Crippen molar-refractivity contribution in [2.45, 2.75) is 19.8 Å². The van der Waals surface area contributed by atoms with Crippen LogP contribution in [0.3, 0.4) is 0 Å². The van der Waals surface area contributed by atoms with Gasteiger partial charge in [0.1, 0.15) is 29.6 Å². The van der Waals surface area contributed by atoms with Gasteiger partial charge in [0.25, 0.3) is 0 Å². The highest BCUT2D eigenvalue weighted by molar-refractivity contribution is 9.10. The van der Waals surface area contributed by atoms with Gasteiger partial charge in [0.05, 0.1) is 10.2 Å². The second-order valence-electron chi connectivity index (χ2n) is 4.42. The van der Waals surface area contributed by atoms with E-state index in [0.29, 0.717) is 11.6 Å². The zero-order valence-corrected chi connectivity index (χ0v) is 13.3. The van der Waals surface area contributed by atoms with Crippen LogP contribution in [0.15, 0.2) is 22.9 Å². The summed E-state index contributed by atoms with van der Waals surface area (Å²) in [5.41, 5.74) is 0.874. The molecule has 1 heterocycles. The second kappa shape index (κ2) is 6.80. The van der Waals surface area contributed by atoms with Crippen molar-refractivity contribution in [2.24, 2.45) is 0 Å². The van der Waals surface area contributed by atoms with Gasteiger partial charge in [-0.1, -0.05) is 13.3 Å². The molecule has 0 atom stereocenters. The largest absolute Gasteiger partial charge is 0.373 e. The van der Waals surface area contributed by atoms with Crippen LogP contribution in [0.5, 0.6) is 0 Å². The molecular weight excluding hydrogens is 342 g/mol. The van der Waals surface area contributed by atoms with Crippen molar-refractivity contribution in [3.63, 3.8) is 0 Å². The van der Waals surface area contributed by atoms with E-state index in [-0.39, 0.29) is 10.2 Å². The summed E-state index contributed by atoms with van der Waals surface area (Å²) in [5.74, 6) is 0.0401. The first-order chi connectivity index (χ1) is 10.1. The maximum absolute atomic E-state index is 13.9. The monoisotopic (exact) mass is 356 g/mol. The normalized spacial score (nSPS) is 10.5. The molecule has 0 aliphatic heterocycles. The Bertz CT molecular complexity index is 649. The summed E-state index contributed by atoms with van der Waals surface area (Å²) < 4.78 is 27.5. The summed E-state index contributed by atoms with van der Waals surface area (Å²) >= 11 is 2.95. The van der Waals surface area contributed by atoms with E-state index in [9.17, 15) is 8.78 Å². The number of hydrogen-bond acceptors (Lipinski definition) is 4. The average Bonchev–Trinajstić information content (AvgIpc) is 2.46. The summed E-state index contributed by atoms with van der Waals surface area (Å²) in [7, 11) is 1.76. The van der Waals surface area contributed by atoms with Gasteiger partial charge in [-0.2, -0.15) is 0 Å². The lowest BCUT2D eigenvalue weighted by Crippen LogP contribution is -2.06. The van der Waals surface area contributed by atoms with Crippen molar-refractivity contribution in [2.75, 3.05) is 17.7 Å². The molecule has 2 aromatic rings. The van der Waals surface area contributed by atoms with E-state index in [1.807, 2.05) is 6.92 Å². The van der Waals surface area contributed by atoms with Gasteiger partial charge < -0.3 is 10.6 Å². The van der Waals surface area contributed by atoms with Crippen LogP contribution in [0.2, 0.25) is 0 Å². The maximum atomic E-state index is 13.9. The minimum atomic E-state index is -0.560. The van der Waals surface area contributed by atoms with E-state index >= 15 is 0 Å². The van der Waals surface area contributed by atoms with Gasteiger partial charge in [-0.05, 0) is 28.4 Å². The molecule has 0 radical (unpaired) electrons. The summed E-state index contributed by atoms with van der Waals surface area (Å²) in [6, 6.07) is 2.17. The van der Waals surface area contributed by atoms with Crippen LogP contribution in [0, 0.1) is 11.6 Å². The summed E-state index contributed by atoms with van der Waals surface area (Å²) in [6.45, 7) is 2.02.